The van der Waals surface area contributed by atoms with Crippen LogP contribution in [0.3, 0.4) is 0 Å². The monoisotopic (exact) mass is 284 g/mol. The first-order chi connectivity index (χ1) is 9.03. The molecule has 1 saturated carbocycles. The number of hydrogen-bond acceptors (Lipinski definition) is 4. The van der Waals surface area contributed by atoms with Gasteiger partial charge in [0, 0.05) is 6.07 Å². The van der Waals surface area contributed by atoms with Crippen LogP contribution in [0.5, 0.6) is 5.75 Å². The molecule has 0 amide bonds. The van der Waals surface area contributed by atoms with Gasteiger partial charge in [0.25, 0.3) is 0 Å². The van der Waals surface area contributed by atoms with Crippen LogP contribution in [0.15, 0.2) is 23.1 Å². The summed E-state index contributed by atoms with van der Waals surface area (Å²) in [4.78, 5) is 0.0846. The normalized spacial score (nSPS) is 16.1. The maximum absolute atomic E-state index is 11.7. The standard InChI is InChI=1S/C13H20N2O3S/c1-15-19(16,17)13-6-5-11(9-12(13)14)18-8-7-10-3-2-4-10/h5-6,9-10,15H,2-4,7-8,14H2,1H3. The van der Waals surface area contributed by atoms with Crippen LogP contribution in [-0.2, 0) is 10.0 Å². The van der Waals surface area contributed by atoms with E-state index in [-0.39, 0.29) is 10.6 Å². The van der Waals surface area contributed by atoms with Crippen molar-refractivity contribution in [3.63, 3.8) is 0 Å². The second-order valence-electron chi connectivity index (χ2n) is 4.84. The zero-order valence-corrected chi connectivity index (χ0v) is 11.9. The summed E-state index contributed by atoms with van der Waals surface area (Å²) in [7, 11) is -2.15. The Kier molecular flexibility index (Phi) is 4.31. The van der Waals surface area contributed by atoms with Gasteiger partial charge in [0.2, 0.25) is 10.0 Å². The van der Waals surface area contributed by atoms with E-state index in [0.29, 0.717) is 12.4 Å². The smallest absolute Gasteiger partial charge is 0.242 e. The van der Waals surface area contributed by atoms with Gasteiger partial charge in [-0.1, -0.05) is 19.3 Å². The van der Waals surface area contributed by atoms with Gasteiger partial charge in [0.05, 0.1) is 12.3 Å². The topological polar surface area (TPSA) is 81.4 Å². The average molecular weight is 284 g/mol. The van der Waals surface area contributed by atoms with E-state index in [1.165, 1.54) is 32.4 Å². The molecule has 2 rings (SSSR count). The van der Waals surface area contributed by atoms with E-state index < -0.39 is 10.0 Å². The molecule has 0 heterocycles. The van der Waals surface area contributed by atoms with E-state index in [0.717, 1.165) is 12.3 Å². The third-order valence-electron chi connectivity index (χ3n) is 3.56. The molecule has 0 saturated heterocycles. The van der Waals surface area contributed by atoms with Crippen molar-refractivity contribution in [1.29, 1.82) is 0 Å². The molecule has 6 heteroatoms. The van der Waals surface area contributed by atoms with Crippen LogP contribution < -0.4 is 15.2 Å². The summed E-state index contributed by atoms with van der Waals surface area (Å²) < 4.78 is 31.1. The highest BCUT2D eigenvalue weighted by atomic mass is 32.2. The molecule has 0 aromatic heterocycles. The maximum atomic E-state index is 11.7. The number of sulfonamides is 1. The lowest BCUT2D eigenvalue weighted by molar-refractivity contribution is 0.222. The van der Waals surface area contributed by atoms with Crippen LogP contribution in [0.25, 0.3) is 0 Å². The Hall–Kier alpha value is -1.27. The maximum Gasteiger partial charge on any atom is 0.242 e. The Balaban J connectivity index is 1.98. The summed E-state index contributed by atoms with van der Waals surface area (Å²) in [6.07, 6.45) is 4.97. The molecule has 0 radical (unpaired) electrons. The summed E-state index contributed by atoms with van der Waals surface area (Å²) in [5.74, 6) is 1.41. The van der Waals surface area contributed by atoms with Crippen molar-refractivity contribution < 1.29 is 13.2 Å². The van der Waals surface area contributed by atoms with E-state index in [1.54, 1.807) is 12.1 Å². The first-order valence-corrected chi connectivity index (χ1v) is 7.97. The molecular formula is C13H20N2O3S. The zero-order valence-electron chi connectivity index (χ0n) is 11.1. The molecule has 3 N–H and O–H groups in total. The minimum absolute atomic E-state index is 0.0846. The second kappa shape index (κ2) is 5.79. The average Bonchev–Trinajstić information content (AvgIpc) is 2.32. The fourth-order valence-corrected chi connectivity index (χ4v) is 2.93. The van der Waals surface area contributed by atoms with Crippen molar-refractivity contribution in [2.75, 3.05) is 19.4 Å². The summed E-state index contributed by atoms with van der Waals surface area (Å²) in [5.41, 5.74) is 5.96. The van der Waals surface area contributed by atoms with Gasteiger partial charge in [-0.05, 0) is 31.5 Å². The van der Waals surface area contributed by atoms with Crippen molar-refractivity contribution in [3.8, 4) is 5.75 Å². The van der Waals surface area contributed by atoms with Crippen molar-refractivity contribution in [3.05, 3.63) is 18.2 Å². The molecule has 0 unspecified atom stereocenters. The number of rotatable bonds is 6. The number of nitrogen functional groups attached to an aromatic ring is 1. The van der Waals surface area contributed by atoms with Gasteiger partial charge in [-0.25, -0.2) is 13.1 Å². The molecule has 1 aliphatic rings. The minimum Gasteiger partial charge on any atom is -0.494 e. The van der Waals surface area contributed by atoms with Crippen LogP contribution in [-0.4, -0.2) is 22.1 Å². The molecule has 0 aliphatic heterocycles. The number of ether oxygens (including phenoxy) is 1. The summed E-state index contributed by atoms with van der Waals surface area (Å²) >= 11 is 0. The van der Waals surface area contributed by atoms with Crippen LogP contribution in [0.1, 0.15) is 25.7 Å². The Labute approximate surface area is 114 Å². The molecule has 0 spiro atoms. The fraction of sp³-hybridized carbons (Fsp3) is 0.538. The third-order valence-corrected chi connectivity index (χ3v) is 5.05. The van der Waals surface area contributed by atoms with Crippen LogP contribution in [0.4, 0.5) is 5.69 Å². The third kappa shape index (κ3) is 3.39. The summed E-state index contributed by atoms with van der Waals surface area (Å²) in [6.45, 7) is 0.655. The van der Waals surface area contributed by atoms with E-state index in [2.05, 4.69) is 4.72 Å². The van der Waals surface area contributed by atoms with Gasteiger partial charge in [0.1, 0.15) is 10.6 Å². The Morgan fingerprint density at radius 3 is 2.68 bits per heavy atom. The Bertz CT molecular complexity index is 539. The van der Waals surface area contributed by atoms with Crippen LogP contribution >= 0.6 is 0 Å². The van der Waals surface area contributed by atoms with Crippen LogP contribution in [0.2, 0.25) is 0 Å². The molecule has 1 aromatic carbocycles. The van der Waals surface area contributed by atoms with E-state index in [9.17, 15) is 8.42 Å². The molecule has 1 aromatic rings. The van der Waals surface area contributed by atoms with Crippen LogP contribution in [0, 0.1) is 5.92 Å². The van der Waals surface area contributed by atoms with Crippen molar-refractivity contribution in [2.24, 2.45) is 5.92 Å². The molecular weight excluding hydrogens is 264 g/mol. The first kappa shape index (κ1) is 14.1. The number of benzene rings is 1. The predicted octanol–water partition coefficient (Wildman–Crippen LogP) is 1.75. The molecule has 1 aliphatic carbocycles. The number of nitrogens with two attached hydrogens (primary N) is 1. The van der Waals surface area contributed by atoms with Crippen molar-refractivity contribution in [2.45, 2.75) is 30.6 Å². The highest BCUT2D eigenvalue weighted by Crippen LogP contribution is 2.30. The summed E-state index contributed by atoms with van der Waals surface area (Å²) in [6, 6.07) is 4.67. The van der Waals surface area contributed by atoms with Crippen molar-refractivity contribution >= 4 is 15.7 Å². The predicted molar refractivity (Wildman–Crippen MR) is 74.6 cm³/mol. The highest BCUT2D eigenvalue weighted by molar-refractivity contribution is 7.89. The largest absolute Gasteiger partial charge is 0.494 e. The molecule has 0 bridgehead atoms. The lowest BCUT2D eigenvalue weighted by atomic mass is 9.83. The Morgan fingerprint density at radius 1 is 1.42 bits per heavy atom. The van der Waals surface area contributed by atoms with Gasteiger partial charge >= 0.3 is 0 Å². The van der Waals surface area contributed by atoms with Gasteiger partial charge in [-0.2, -0.15) is 0 Å². The van der Waals surface area contributed by atoms with E-state index >= 15 is 0 Å². The van der Waals surface area contributed by atoms with Gasteiger partial charge < -0.3 is 10.5 Å². The van der Waals surface area contributed by atoms with Gasteiger partial charge in [-0.15, -0.1) is 0 Å². The molecule has 19 heavy (non-hydrogen) atoms. The van der Waals surface area contributed by atoms with E-state index in [1.807, 2.05) is 0 Å². The number of nitrogens with one attached hydrogen (secondary N) is 1. The second-order valence-corrected chi connectivity index (χ2v) is 6.70. The minimum atomic E-state index is -3.50. The lowest BCUT2D eigenvalue weighted by Crippen LogP contribution is -2.20. The Morgan fingerprint density at radius 2 is 2.16 bits per heavy atom. The summed E-state index contributed by atoms with van der Waals surface area (Å²) in [5, 5.41) is 0. The zero-order chi connectivity index (χ0) is 13.9. The molecule has 0 atom stereocenters. The number of hydrogen-bond donors (Lipinski definition) is 2. The van der Waals surface area contributed by atoms with Gasteiger partial charge in [-0.3, -0.25) is 0 Å². The molecule has 106 valence electrons. The van der Waals surface area contributed by atoms with E-state index in [4.69, 9.17) is 10.5 Å². The fourth-order valence-electron chi connectivity index (χ4n) is 2.10. The SMILES string of the molecule is CNS(=O)(=O)c1ccc(OCCC2CCC2)cc1N. The number of anilines is 1. The first-order valence-electron chi connectivity index (χ1n) is 6.49. The highest BCUT2D eigenvalue weighted by Gasteiger charge is 2.18. The quantitative estimate of drug-likeness (QED) is 0.780. The van der Waals surface area contributed by atoms with Gasteiger partial charge in [0.15, 0.2) is 0 Å². The lowest BCUT2D eigenvalue weighted by Gasteiger charge is -2.25. The molecule has 5 nitrogen and oxygen atoms in total. The molecule has 1 fully saturated rings. The van der Waals surface area contributed by atoms with Crippen molar-refractivity contribution in [1.82, 2.24) is 4.72 Å².